The van der Waals surface area contributed by atoms with Crippen molar-refractivity contribution in [3.05, 3.63) is 30.1 Å². The van der Waals surface area contributed by atoms with Crippen molar-refractivity contribution < 1.29 is 5.11 Å². The van der Waals surface area contributed by atoms with Crippen LogP contribution in [0.1, 0.15) is 38.8 Å². The van der Waals surface area contributed by atoms with Gasteiger partial charge in [0.05, 0.1) is 5.60 Å². The number of pyridine rings is 1. The summed E-state index contributed by atoms with van der Waals surface area (Å²) in [5.74, 6) is 0. The summed E-state index contributed by atoms with van der Waals surface area (Å²) in [5.41, 5.74) is 6.64. The molecule has 1 aromatic heterocycles. The van der Waals surface area contributed by atoms with E-state index >= 15 is 0 Å². The number of rotatable bonds is 6. The monoisotopic (exact) mass is 251 g/mol. The zero-order valence-corrected chi connectivity index (χ0v) is 11.8. The molecule has 0 radical (unpaired) electrons. The maximum Gasteiger partial charge on any atom is 0.0718 e. The first kappa shape index (κ1) is 15.1. The van der Waals surface area contributed by atoms with E-state index in [9.17, 15) is 5.11 Å². The Morgan fingerprint density at radius 2 is 1.94 bits per heavy atom. The van der Waals surface area contributed by atoms with Gasteiger partial charge in [-0.25, -0.2) is 0 Å². The number of nitrogens with two attached hydrogens (primary N) is 1. The van der Waals surface area contributed by atoms with Gasteiger partial charge in [0.2, 0.25) is 0 Å². The zero-order valence-electron chi connectivity index (χ0n) is 11.8. The summed E-state index contributed by atoms with van der Waals surface area (Å²) in [6, 6.07) is 4.12. The van der Waals surface area contributed by atoms with Crippen LogP contribution in [-0.2, 0) is 0 Å². The second-order valence-corrected chi connectivity index (χ2v) is 5.53. The van der Waals surface area contributed by atoms with Crippen LogP contribution in [0.15, 0.2) is 24.5 Å². The third-order valence-electron chi connectivity index (χ3n) is 3.04. The number of likely N-dealkylation sites (N-methyl/N-ethyl adjacent to an activating group) is 1. The van der Waals surface area contributed by atoms with Crippen molar-refractivity contribution in [3.8, 4) is 0 Å². The second-order valence-electron chi connectivity index (χ2n) is 5.53. The highest BCUT2D eigenvalue weighted by Gasteiger charge is 2.26. The van der Waals surface area contributed by atoms with Crippen LogP contribution >= 0.6 is 0 Å². The van der Waals surface area contributed by atoms with Crippen LogP contribution in [0.3, 0.4) is 0 Å². The van der Waals surface area contributed by atoms with E-state index in [1.807, 2.05) is 33.0 Å². The standard InChI is InChI=1S/C14H25N3O/c1-5-12(15)13(11-6-8-16-9-7-11)17(4)10-14(2,3)18/h6-9,12-13,18H,5,10,15H2,1-4H3. The molecule has 1 aromatic rings. The van der Waals surface area contributed by atoms with Crippen molar-refractivity contribution in [3.63, 3.8) is 0 Å². The lowest BCUT2D eigenvalue weighted by molar-refractivity contribution is 0.0266. The molecule has 2 atom stereocenters. The van der Waals surface area contributed by atoms with Crippen LogP contribution in [0.5, 0.6) is 0 Å². The minimum atomic E-state index is -0.729. The van der Waals surface area contributed by atoms with Crippen LogP contribution in [0.25, 0.3) is 0 Å². The highest BCUT2D eigenvalue weighted by atomic mass is 16.3. The van der Waals surface area contributed by atoms with Crippen LogP contribution in [0.2, 0.25) is 0 Å². The van der Waals surface area contributed by atoms with Gasteiger partial charge in [0.25, 0.3) is 0 Å². The SMILES string of the molecule is CCC(N)C(c1ccncc1)N(C)CC(C)(C)O. The largest absolute Gasteiger partial charge is 0.389 e. The first-order valence-corrected chi connectivity index (χ1v) is 6.43. The predicted octanol–water partition coefficient (Wildman–Crippen LogP) is 1.56. The summed E-state index contributed by atoms with van der Waals surface area (Å²) in [5, 5.41) is 9.94. The molecular weight excluding hydrogens is 226 g/mol. The Morgan fingerprint density at radius 3 is 2.39 bits per heavy atom. The number of aromatic nitrogens is 1. The van der Waals surface area contributed by atoms with Gasteiger partial charge in [-0.15, -0.1) is 0 Å². The summed E-state index contributed by atoms with van der Waals surface area (Å²) < 4.78 is 0. The quantitative estimate of drug-likeness (QED) is 0.805. The molecule has 0 aromatic carbocycles. The molecule has 0 aliphatic heterocycles. The van der Waals surface area contributed by atoms with E-state index < -0.39 is 5.60 Å². The highest BCUT2D eigenvalue weighted by Crippen LogP contribution is 2.24. The molecular formula is C14H25N3O. The predicted molar refractivity (Wildman–Crippen MR) is 74.2 cm³/mol. The van der Waals surface area contributed by atoms with Crippen molar-refractivity contribution in [2.45, 2.75) is 44.9 Å². The third kappa shape index (κ3) is 4.37. The van der Waals surface area contributed by atoms with Gasteiger partial charge >= 0.3 is 0 Å². The number of aliphatic hydroxyl groups is 1. The van der Waals surface area contributed by atoms with Crippen molar-refractivity contribution >= 4 is 0 Å². The van der Waals surface area contributed by atoms with E-state index in [1.54, 1.807) is 12.4 Å². The smallest absolute Gasteiger partial charge is 0.0718 e. The fourth-order valence-corrected chi connectivity index (χ4v) is 2.32. The van der Waals surface area contributed by atoms with Gasteiger partial charge in [0.1, 0.15) is 0 Å². The Bertz CT molecular complexity index is 348. The molecule has 0 saturated heterocycles. The normalized spacial score (nSPS) is 15.7. The minimum absolute atomic E-state index is 0.0414. The first-order valence-electron chi connectivity index (χ1n) is 6.43. The number of hydrogen-bond donors (Lipinski definition) is 2. The van der Waals surface area contributed by atoms with Crippen molar-refractivity contribution in [1.29, 1.82) is 0 Å². The molecule has 3 N–H and O–H groups in total. The van der Waals surface area contributed by atoms with Crippen LogP contribution in [-0.4, -0.2) is 40.2 Å². The van der Waals surface area contributed by atoms with Crippen LogP contribution < -0.4 is 5.73 Å². The molecule has 4 nitrogen and oxygen atoms in total. The lowest BCUT2D eigenvalue weighted by Gasteiger charge is -2.36. The van der Waals surface area contributed by atoms with Crippen molar-refractivity contribution in [2.75, 3.05) is 13.6 Å². The average Bonchev–Trinajstić information content (AvgIpc) is 2.28. The van der Waals surface area contributed by atoms with E-state index in [-0.39, 0.29) is 12.1 Å². The van der Waals surface area contributed by atoms with Gasteiger partial charge in [-0.1, -0.05) is 6.92 Å². The maximum absolute atomic E-state index is 9.94. The van der Waals surface area contributed by atoms with Gasteiger partial charge in [0, 0.05) is 31.0 Å². The molecule has 0 aliphatic rings. The molecule has 0 aliphatic carbocycles. The molecule has 18 heavy (non-hydrogen) atoms. The number of hydrogen-bond acceptors (Lipinski definition) is 4. The van der Waals surface area contributed by atoms with Crippen molar-refractivity contribution in [1.82, 2.24) is 9.88 Å². The Balaban J connectivity index is 2.92. The van der Waals surface area contributed by atoms with E-state index in [0.717, 1.165) is 12.0 Å². The second kappa shape index (κ2) is 6.27. The molecule has 0 spiro atoms. The summed E-state index contributed by atoms with van der Waals surface area (Å²) in [4.78, 5) is 6.15. The van der Waals surface area contributed by atoms with E-state index in [0.29, 0.717) is 6.54 Å². The third-order valence-corrected chi connectivity index (χ3v) is 3.04. The van der Waals surface area contributed by atoms with Gasteiger partial charge in [0.15, 0.2) is 0 Å². The first-order chi connectivity index (χ1) is 8.35. The Labute approximate surface area is 110 Å². The average molecular weight is 251 g/mol. The molecule has 4 heteroatoms. The Kier molecular flexibility index (Phi) is 5.26. The lowest BCUT2D eigenvalue weighted by atomic mass is 9.96. The zero-order chi connectivity index (χ0) is 13.8. The molecule has 2 unspecified atom stereocenters. The van der Waals surface area contributed by atoms with Gasteiger partial charge < -0.3 is 10.8 Å². The summed E-state index contributed by atoms with van der Waals surface area (Å²) in [6.45, 7) is 6.28. The fourth-order valence-electron chi connectivity index (χ4n) is 2.32. The van der Waals surface area contributed by atoms with E-state index in [4.69, 9.17) is 5.73 Å². The van der Waals surface area contributed by atoms with E-state index in [1.165, 1.54) is 0 Å². The molecule has 0 saturated carbocycles. The summed E-state index contributed by atoms with van der Waals surface area (Å²) in [6.07, 6.45) is 4.45. The lowest BCUT2D eigenvalue weighted by Crippen LogP contribution is -2.44. The maximum atomic E-state index is 9.94. The summed E-state index contributed by atoms with van der Waals surface area (Å²) >= 11 is 0. The molecule has 1 rings (SSSR count). The molecule has 0 fully saturated rings. The van der Waals surface area contributed by atoms with Gasteiger partial charge in [-0.3, -0.25) is 9.88 Å². The van der Waals surface area contributed by atoms with Crippen LogP contribution in [0.4, 0.5) is 0 Å². The highest BCUT2D eigenvalue weighted by molar-refractivity contribution is 5.17. The molecule has 1 heterocycles. The molecule has 0 amide bonds. The van der Waals surface area contributed by atoms with Crippen LogP contribution in [0, 0.1) is 0 Å². The Hall–Kier alpha value is -0.970. The van der Waals surface area contributed by atoms with Gasteiger partial charge in [-0.2, -0.15) is 0 Å². The van der Waals surface area contributed by atoms with Gasteiger partial charge in [-0.05, 0) is 45.0 Å². The minimum Gasteiger partial charge on any atom is -0.389 e. The summed E-state index contributed by atoms with van der Waals surface area (Å²) in [7, 11) is 2.00. The molecule has 102 valence electrons. The number of nitrogens with zero attached hydrogens (tertiary/aromatic N) is 2. The van der Waals surface area contributed by atoms with E-state index in [2.05, 4.69) is 16.8 Å². The Morgan fingerprint density at radius 1 is 1.39 bits per heavy atom. The topological polar surface area (TPSA) is 62.4 Å². The fraction of sp³-hybridized carbons (Fsp3) is 0.643. The molecule has 0 bridgehead atoms. The van der Waals surface area contributed by atoms with Crippen molar-refractivity contribution in [2.24, 2.45) is 5.73 Å².